The van der Waals surface area contributed by atoms with Crippen molar-refractivity contribution < 1.29 is 43.6 Å². The van der Waals surface area contributed by atoms with Gasteiger partial charge in [-0.2, -0.15) is 0 Å². The number of amides is 1. The Balaban J connectivity index is 1.43. The number of fused-ring (bicyclic) bond motifs is 4. The van der Waals surface area contributed by atoms with Crippen LogP contribution >= 0.6 is 0 Å². The maximum atomic E-state index is 13.8. The Morgan fingerprint density at radius 1 is 1.08 bits per heavy atom. The van der Waals surface area contributed by atoms with E-state index < -0.39 is 40.2 Å². The third-order valence-corrected chi connectivity index (χ3v) is 6.93. The average molecular weight is 520 g/mol. The van der Waals surface area contributed by atoms with Crippen molar-refractivity contribution in [3.8, 4) is 28.7 Å². The number of rotatable bonds is 5. The van der Waals surface area contributed by atoms with E-state index in [4.69, 9.17) is 14.2 Å². The van der Waals surface area contributed by atoms with Gasteiger partial charge in [0.05, 0.1) is 17.7 Å². The number of hydrogen-bond acceptors (Lipinski definition) is 10. The summed E-state index contributed by atoms with van der Waals surface area (Å²) >= 11 is 0. The minimum absolute atomic E-state index is 0.00490. The van der Waals surface area contributed by atoms with Gasteiger partial charge >= 0.3 is 0 Å². The van der Waals surface area contributed by atoms with Crippen LogP contribution in [0.25, 0.3) is 0 Å². The quantitative estimate of drug-likeness (QED) is 0.262. The number of hydrogen-bond donors (Lipinski definition) is 4. The Hall–Kier alpha value is -4.80. The number of ketones is 3. The maximum Gasteiger partial charge on any atom is 0.243 e. The van der Waals surface area contributed by atoms with E-state index in [-0.39, 0.29) is 52.8 Å². The number of anilines is 1. The van der Waals surface area contributed by atoms with E-state index in [2.05, 4.69) is 10.6 Å². The highest BCUT2D eigenvalue weighted by Crippen LogP contribution is 2.57. The smallest absolute Gasteiger partial charge is 0.243 e. The van der Waals surface area contributed by atoms with E-state index in [0.717, 1.165) is 6.08 Å². The fraction of sp³-hybridized carbons (Fsp3) is 0.259. The highest BCUT2D eigenvalue weighted by molar-refractivity contribution is 6.31. The molecule has 3 aliphatic rings. The average Bonchev–Trinajstić information content (AvgIpc) is 3.43. The number of carbonyl (C=O) groups is 4. The van der Waals surface area contributed by atoms with Crippen molar-refractivity contribution in [1.82, 2.24) is 5.32 Å². The van der Waals surface area contributed by atoms with Crippen LogP contribution in [-0.4, -0.2) is 46.8 Å². The molecule has 1 atom stereocenters. The molecular formula is C27H24N2O9. The molecule has 2 heterocycles. The molecular weight excluding hydrogens is 496 g/mol. The molecule has 4 N–H and O–H groups in total. The van der Waals surface area contributed by atoms with Crippen molar-refractivity contribution in [2.45, 2.75) is 33.1 Å². The molecule has 2 aromatic rings. The number of carbonyl (C=O) groups excluding carboxylic acids is 4. The van der Waals surface area contributed by atoms with Crippen molar-refractivity contribution >= 4 is 28.9 Å². The fourth-order valence-electron chi connectivity index (χ4n) is 4.84. The summed E-state index contributed by atoms with van der Waals surface area (Å²) in [5.41, 5.74) is -1.43. The molecule has 11 nitrogen and oxygen atoms in total. The van der Waals surface area contributed by atoms with Gasteiger partial charge in [0, 0.05) is 29.1 Å². The normalized spacial score (nSPS) is 20.3. The first-order valence-electron chi connectivity index (χ1n) is 11.7. The number of allylic oxidation sites excluding steroid dienone is 4. The summed E-state index contributed by atoms with van der Waals surface area (Å²) in [5.74, 6) is -2.36. The lowest BCUT2D eigenvalue weighted by Crippen LogP contribution is -2.41. The summed E-state index contributed by atoms with van der Waals surface area (Å²) in [5, 5.41) is 26.8. The Kier molecular flexibility index (Phi) is 5.66. The molecule has 0 radical (unpaired) electrons. The van der Waals surface area contributed by atoms with Crippen LogP contribution < -0.4 is 24.8 Å². The van der Waals surface area contributed by atoms with Crippen LogP contribution in [0.5, 0.6) is 28.7 Å². The van der Waals surface area contributed by atoms with Crippen molar-refractivity contribution in [2.24, 2.45) is 0 Å². The predicted molar refractivity (Wildman–Crippen MR) is 132 cm³/mol. The van der Waals surface area contributed by atoms with Crippen LogP contribution in [0.4, 0.5) is 5.69 Å². The number of benzene rings is 2. The SMILES string of the molecule is CC(=O)c1c(O)c(C)c(O)c2c1OC1=CC(=O)C(=C(C)NCC(=O)Nc3ccc4c(c3)OCO4)C(=O)[C@@]12C. The summed E-state index contributed by atoms with van der Waals surface area (Å²) in [4.78, 5) is 51.6. The number of ether oxygens (including phenoxy) is 3. The van der Waals surface area contributed by atoms with Gasteiger partial charge in [0.25, 0.3) is 0 Å². The highest BCUT2D eigenvalue weighted by Gasteiger charge is 2.56. The van der Waals surface area contributed by atoms with Crippen molar-refractivity contribution in [2.75, 3.05) is 18.7 Å². The Labute approximate surface area is 216 Å². The minimum atomic E-state index is -1.64. The Bertz CT molecular complexity index is 1540. The molecule has 1 aliphatic carbocycles. The van der Waals surface area contributed by atoms with Crippen LogP contribution in [0.15, 0.2) is 41.3 Å². The van der Waals surface area contributed by atoms with Crippen LogP contribution in [0.3, 0.4) is 0 Å². The van der Waals surface area contributed by atoms with Crippen LogP contribution in [-0.2, 0) is 19.8 Å². The van der Waals surface area contributed by atoms with Gasteiger partial charge in [-0.3, -0.25) is 19.2 Å². The lowest BCUT2D eigenvalue weighted by atomic mass is 9.70. The molecule has 0 unspecified atom stereocenters. The molecule has 0 saturated carbocycles. The number of phenols is 2. The number of phenolic OH excluding ortho intramolecular Hbond substituents is 2. The van der Waals surface area contributed by atoms with Gasteiger partial charge < -0.3 is 35.1 Å². The molecule has 0 bridgehead atoms. The zero-order valence-corrected chi connectivity index (χ0v) is 21.0. The van der Waals surface area contributed by atoms with E-state index in [1.165, 1.54) is 27.7 Å². The molecule has 0 aromatic heterocycles. The second-order valence-electron chi connectivity index (χ2n) is 9.36. The third-order valence-electron chi connectivity index (χ3n) is 6.93. The second kappa shape index (κ2) is 8.65. The second-order valence-corrected chi connectivity index (χ2v) is 9.36. The lowest BCUT2D eigenvalue weighted by Gasteiger charge is -2.29. The number of Topliss-reactive ketones (excluding diaryl/α,β-unsaturated/α-hetero) is 2. The first kappa shape index (κ1) is 24.9. The van der Waals surface area contributed by atoms with E-state index in [0.29, 0.717) is 17.2 Å². The summed E-state index contributed by atoms with van der Waals surface area (Å²) < 4.78 is 16.3. The van der Waals surface area contributed by atoms with Gasteiger partial charge in [0.2, 0.25) is 12.7 Å². The molecule has 38 heavy (non-hydrogen) atoms. The van der Waals surface area contributed by atoms with Crippen molar-refractivity contribution in [1.29, 1.82) is 0 Å². The molecule has 1 amide bonds. The van der Waals surface area contributed by atoms with Crippen molar-refractivity contribution in [3.05, 3.63) is 58.0 Å². The molecule has 5 rings (SSSR count). The maximum absolute atomic E-state index is 13.8. The van der Waals surface area contributed by atoms with Gasteiger partial charge in [-0.1, -0.05) is 0 Å². The molecule has 2 aromatic carbocycles. The topological polar surface area (TPSA) is 160 Å². The van der Waals surface area contributed by atoms with E-state index in [1.807, 2.05) is 0 Å². The molecule has 2 aliphatic heterocycles. The zero-order chi connectivity index (χ0) is 27.5. The summed E-state index contributed by atoms with van der Waals surface area (Å²) in [6, 6.07) is 4.93. The van der Waals surface area contributed by atoms with E-state index >= 15 is 0 Å². The summed E-state index contributed by atoms with van der Waals surface area (Å²) in [6.07, 6.45) is 1.12. The lowest BCUT2D eigenvalue weighted by molar-refractivity contribution is -0.124. The fourth-order valence-corrected chi connectivity index (χ4v) is 4.84. The summed E-state index contributed by atoms with van der Waals surface area (Å²) in [7, 11) is 0. The monoisotopic (exact) mass is 520 g/mol. The van der Waals surface area contributed by atoms with Gasteiger partial charge in [-0.15, -0.1) is 0 Å². The number of aromatic hydroxyl groups is 2. The van der Waals surface area contributed by atoms with Crippen LogP contribution in [0.2, 0.25) is 0 Å². The minimum Gasteiger partial charge on any atom is -0.507 e. The Morgan fingerprint density at radius 3 is 2.50 bits per heavy atom. The van der Waals surface area contributed by atoms with Gasteiger partial charge in [-0.25, -0.2) is 0 Å². The van der Waals surface area contributed by atoms with Crippen LogP contribution in [0.1, 0.15) is 42.3 Å². The summed E-state index contributed by atoms with van der Waals surface area (Å²) in [6.45, 7) is 5.43. The molecule has 0 spiro atoms. The number of nitrogens with one attached hydrogen (secondary N) is 2. The molecule has 0 fully saturated rings. The first-order chi connectivity index (χ1) is 17.9. The Morgan fingerprint density at radius 2 is 1.79 bits per heavy atom. The van der Waals surface area contributed by atoms with Crippen molar-refractivity contribution in [3.63, 3.8) is 0 Å². The first-order valence-corrected chi connectivity index (χ1v) is 11.7. The molecule has 11 heteroatoms. The largest absolute Gasteiger partial charge is 0.507 e. The standard InChI is InChI=1S/C27H24N2O9/c1-11-23(33)21(13(3)30)25-22(24(11)34)27(4)18(38-25)8-15(31)20(26(27)35)12(2)28-9-19(32)29-14-5-6-16-17(7-14)37-10-36-16/h5-8,28,33-34H,9-10H2,1-4H3,(H,29,32)/t27-/m0/s1. The molecule has 196 valence electrons. The zero-order valence-electron chi connectivity index (χ0n) is 21.0. The van der Waals surface area contributed by atoms with Gasteiger partial charge in [-0.05, 0) is 39.8 Å². The predicted octanol–water partition coefficient (Wildman–Crippen LogP) is 2.53. The van der Waals surface area contributed by atoms with E-state index in [9.17, 15) is 29.4 Å². The van der Waals surface area contributed by atoms with Gasteiger partial charge in [0.15, 0.2) is 28.8 Å². The van der Waals surface area contributed by atoms with Gasteiger partial charge in [0.1, 0.15) is 34.0 Å². The highest BCUT2D eigenvalue weighted by atomic mass is 16.7. The van der Waals surface area contributed by atoms with E-state index in [1.54, 1.807) is 18.2 Å². The van der Waals surface area contributed by atoms with Crippen LogP contribution in [0, 0.1) is 6.92 Å². The molecule has 0 saturated heterocycles. The third kappa shape index (κ3) is 3.58.